The number of anilines is 1. The van der Waals surface area contributed by atoms with Gasteiger partial charge in [0.25, 0.3) is 6.47 Å². The molecule has 2 heterocycles. The van der Waals surface area contributed by atoms with E-state index in [1.165, 1.54) is 0 Å². The number of carbonyl (C=O) groups excluding carboxylic acids is 2. The third-order valence-electron chi connectivity index (χ3n) is 7.41. The van der Waals surface area contributed by atoms with Crippen molar-refractivity contribution in [3.63, 3.8) is 0 Å². The number of rotatable bonds is 8. The van der Waals surface area contributed by atoms with Gasteiger partial charge in [-0.15, -0.1) is 0 Å². The molecule has 2 aromatic heterocycles. The first-order valence-corrected chi connectivity index (χ1v) is 13.7. The van der Waals surface area contributed by atoms with Crippen molar-refractivity contribution in [3.05, 3.63) is 107 Å². The zero-order valence-corrected chi connectivity index (χ0v) is 23.3. The van der Waals surface area contributed by atoms with E-state index in [1.54, 1.807) is 19.2 Å². The average molecular weight is 567 g/mol. The number of nitrogens with one attached hydrogen (secondary N) is 1. The van der Waals surface area contributed by atoms with Crippen LogP contribution in [0, 0.1) is 6.92 Å². The summed E-state index contributed by atoms with van der Waals surface area (Å²) in [6.45, 7) is 4.22. The number of ether oxygens (including phenoxy) is 2. The Bertz CT molecular complexity index is 1740. The van der Waals surface area contributed by atoms with Gasteiger partial charge >= 0.3 is 6.09 Å². The van der Waals surface area contributed by atoms with Gasteiger partial charge in [0, 0.05) is 22.3 Å². The topological polar surface area (TPSA) is 90.7 Å². The lowest BCUT2D eigenvalue weighted by molar-refractivity contribution is -0.136. The summed E-state index contributed by atoms with van der Waals surface area (Å²) in [4.78, 5) is 28.3. The van der Waals surface area contributed by atoms with Gasteiger partial charge in [0.15, 0.2) is 5.76 Å². The predicted octanol–water partition coefficient (Wildman–Crippen LogP) is 8.60. The van der Waals surface area contributed by atoms with Crippen LogP contribution >= 0.6 is 11.6 Å². The van der Waals surface area contributed by atoms with Crippen molar-refractivity contribution < 1.29 is 23.5 Å². The van der Waals surface area contributed by atoms with E-state index in [-0.39, 0.29) is 0 Å². The third-order valence-corrected chi connectivity index (χ3v) is 7.75. The van der Waals surface area contributed by atoms with Crippen molar-refractivity contribution in [1.82, 2.24) is 4.98 Å². The van der Waals surface area contributed by atoms with Gasteiger partial charge in [0.05, 0.1) is 5.39 Å². The number of amides is 1. The fourth-order valence-electron chi connectivity index (χ4n) is 5.04. The number of aromatic nitrogens is 1. The molecular weight excluding hydrogens is 540 g/mol. The molecule has 1 aliphatic carbocycles. The summed E-state index contributed by atoms with van der Waals surface area (Å²) < 4.78 is 17.1. The molecular formula is C33H27ClN2O5. The van der Waals surface area contributed by atoms with E-state index < -0.39 is 17.8 Å². The van der Waals surface area contributed by atoms with Crippen molar-refractivity contribution in [3.8, 4) is 22.5 Å². The number of furan rings is 1. The highest BCUT2D eigenvalue weighted by molar-refractivity contribution is 6.31. The fourth-order valence-corrected chi connectivity index (χ4v) is 5.32. The maximum atomic E-state index is 13.0. The van der Waals surface area contributed by atoms with Crippen LogP contribution in [-0.2, 0) is 19.9 Å². The molecule has 0 aliphatic heterocycles. The van der Waals surface area contributed by atoms with Gasteiger partial charge in [0.2, 0.25) is 5.71 Å². The first-order chi connectivity index (χ1) is 19.9. The molecule has 41 heavy (non-hydrogen) atoms. The highest BCUT2D eigenvalue weighted by atomic mass is 35.5. The van der Waals surface area contributed by atoms with E-state index in [9.17, 15) is 9.59 Å². The Balaban J connectivity index is 1.27. The van der Waals surface area contributed by atoms with Crippen molar-refractivity contribution in [2.45, 2.75) is 38.4 Å². The largest absolute Gasteiger partial charge is 0.456 e. The van der Waals surface area contributed by atoms with Gasteiger partial charge in [-0.3, -0.25) is 10.1 Å². The molecule has 1 amide bonds. The second-order valence-corrected chi connectivity index (χ2v) is 10.6. The smallest absolute Gasteiger partial charge is 0.412 e. The first kappa shape index (κ1) is 26.6. The number of benzene rings is 3. The quantitative estimate of drug-likeness (QED) is 0.189. The Kier molecular flexibility index (Phi) is 6.97. The minimum Gasteiger partial charge on any atom is -0.456 e. The Hall–Kier alpha value is -4.62. The van der Waals surface area contributed by atoms with Crippen molar-refractivity contribution in [2.75, 3.05) is 5.32 Å². The monoisotopic (exact) mass is 566 g/mol. The number of fused-ring (bicyclic) bond motifs is 1. The number of aryl methyl sites for hydroxylation is 1. The molecule has 206 valence electrons. The predicted molar refractivity (Wildman–Crippen MR) is 158 cm³/mol. The molecule has 7 nitrogen and oxygen atoms in total. The lowest BCUT2D eigenvalue weighted by Crippen LogP contribution is -2.16. The highest BCUT2D eigenvalue weighted by Crippen LogP contribution is 2.49. The third kappa shape index (κ3) is 5.28. The number of halogens is 1. The van der Waals surface area contributed by atoms with E-state index in [0.717, 1.165) is 40.7 Å². The first-order valence-electron chi connectivity index (χ1n) is 13.3. The molecule has 0 saturated heterocycles. The van der Waals surface area contributed by atoms with Gasteiger partial charge in [-0.1, -0.05) is 78.3 Å². The molecule has 6 rings (SSSR count). The molecule has 1 saturated carbocycles. The molecule has 0 spiro atoms. The normalized spacial score (nSPS) is 14.3. The van der Waals surface area contributed by atoms with Gasteiger partial charge < -0.3 is 13.9 Å². The van der Waals surface area contributed by atoms with E-state index in [4.69, 9.17) is 25.5 Å². The van der Waals surface area contributed by atoms with Crippen LogP contribution < -0.4 is 5.32 Å². The molecule has 0 bridgehead atoms. The van der Waals surface area contributed by atoms with Gasteiger partial charge in [-0.05, 0) is 61.1 Å². The van der Waals surface area contributed by atoms with E-state index in [2.05, 4.69) is 10.3 Å². The second kappa shape index (κ2) is 10.7. The number of hydrogen-bond acceptors (Lipinski definition) is 6. The molecule has 3 aromatic carbocycles. The molecule has 5 aromatic rings. The molecule has 1 N–H and O–H groups in total. The number of nitrogens with zero attached hydrogens (tertiary/aromatic N) is 1. The summed E-state index contributed by atoms with van der Waals surface area (Å²) in [6, 6.07) is 25.1. The van der Waals surface area contributed by atoms with E-state index in [1.807, 2.05) is 79.7 Å². The van der Waals surface area contributed by atoms with E-state index >= 15 is 0 Å². The zero-order chi connectivity index (χ0) is 28.6. The zero-order valence-electron chi connectivity index (χ0n) is 22.5. The summed E-state index contributed by atoms with van der Waals surface area (Å²) in [7, 11) is 0. The van der Waals surface area contributed by atoms with Crippen LogP contribution in [0.5, 0.6) is 0 Å². The van der Waals surface area contributed by atoms with Crippen LogP contribution in [0.4, 0.5) is 10.5 Å². The van der Waals surface area contributed by atoms with Gasteiger partial charge in [-0.25, -0.2) is 9.78 Å². The minimum absolute atomic E-state index is 0.409. The lowest BCUT2D eigenvalue weighted by atomic mass is 9.99. The van der Waals surface area contributed by atoms with Crippen LogP contribution in [0.2, 0.25) is 5.02 Å². The summed E-state index contributed by atoms with van der Waals surface area (Å²) in [5.74, 6) is 0.476. The van der Waals surface area contributed by atoms with E-state index in [0.29, 0.717) is 39.6 Å². The van der Waals surface area contributed by atoms with Crippen LogP contribution in [0.1, 0.15) is 42.6 Å². The van der Waals surface area contributed by atoms with Gasteiger partial charge in [-0.2, -0.15) is 0 Å². The number of carbonyl (C=O) groups is 2. The molecule has 0 radical (unpaired) electrons. The van der Waals surface area contributed by atoms with Gasteiger partial charge in [0.1, 0.15) is 17.4 Å². The van der Waals surface area contributed by atoms with Crippen molar-refractivity contribution in [2.24, 2.45) is 0 Å². The number of hydrogen-bond donors (Lipinski definition) is 1. The molecule has 0 unspecified atom stereocenters. The maximum absolute atomic E-state index is 13.0. The Morgan fingerprint density at radius 3 is 2.34 bits per heavy atom. The molecule has 1 atom stereocenters. The SMILES string of the molecule is Cc1cnc2oc(-c3ccc(-c4ccc(C5(OC=O)CC5)cc4)cc3)c(NC(=O)O[C@H](C)c3ccccc3Cl)c2c1. The summed E-state index contributed by atoms with van der Waals surface area (Å²) in [5.41, 5.74) is 5.87. The average Bonchev–Trinajstić information content (AvgIpc) is 3.69. The van der Waals surface area contributed by atoms with Crippen molar-refractivity contribution >= 4 is 41.0 Å². The Morgan fingerprint density at radius 2 is 1.68 bits per heavy atom. The number of pyridine rings is 1. The van der Waals surface area contributed by atoms with Crippen LogP contribution in [-0.4, -0.2) is 17.5 Å². The van der Waals surface area contributed by atoms with Crippen molar-refractivity contribution in [1.29, 1.82) is 0 Å². The van der Waals surface area contributed by atoms with Crippen LogP contribution in [0.3, 0.4) is 0 Å². The summed E-state index contributed by atoms with van der Waals surface area (Å²) in [6.07, 6.45) is 2.21. The summed E-state index contributed by atoms with van der Waals surface area (Å²) >= 11 is 6.29. The van der Waals surface area contributed by atoms with Crippen LogP contribution in [0.15, 0.2) is 89.5 Å². The fraction of sp³-hybridized carbons (Fsp3) is 0.182. The lowest BCUT2D eigenvalue weighted by Gasteiger charge is -2.15. The Labute approximate surface area is 242 Å². The second-order valence-electron chi connectivity index (χ2n) is 10.2. The van der Waals surface area contributed by atoms with Crippen LogP contribution in [0.25, 0.3) is 33.6 Å². The molecule has 8 heteroatoms. The molecule has 1 fully saturated rings. The maximum Gasteiger partial charge on any atom is 0.412 e. The standard InChI is InChI=1S/C33H27ClN2O5/c1-20-17-27-29(36-32(38)40-21(2)26-5-3-4-6-28(26)34)30(41-31(27)35-18-20)24-9-7-22(8-10-24)23-11-13-25(14-12-23)33(15-16-33)39-19-37/h3-14,17-19,21H,15-16H2,1-2H3,(H,36,38)/t21-/m1/s1. The summed E-state index contributed by atoms with van der Waals surface area (Å²) in [5, 5.41) is 4.09. The Morgan fingerprint density at radius 1 is 1.02 bits per heavy atom. The molecule has 1 aliphatic rings. The highest BCUT2D eigenvalue weighted by Gasteiger charge is 2.46. The minimum atomic E-state index is -0.633.